The Hall–Kier alpha value is -4.14. The first-order valence-corrected chi connectivity index (χ1v) is 10.5. The molecule has 0 unspecified atom stereocenters. The van der Waals surface area contributed by atoms with Gasteiger partial charge >= 0.3 is 6.18 Å². The third kappa shape index (κ3) is 4.93. The van der Waals surface area contributed by atoms with Crippen molar-refractivity contribution in [3.05, 3.63) is 90.0 Å². The molecule has 1 amide bonds. The van der Waals surface area contributed by atoms with E-state index in [9.17, 15) is 18.0 Å². The fourth-order valence-electron chi connectivity index (χ4n) is 3.45. The number of nitrogens with one attached hydrogen (secondary N) is 1. The van der Waals surface area contributed by atoms with Crippen LogP contribution in [0.1, 0.15) is 28.4 Å². The molecule has 34 heavy (non-hydrogen) atoms. The molecule has 0 atom stereocenters. The SMILES string of the molecule is CCOc1ccncc1-c1cnn(-c2cc(NC(=O)c3cccc(C(F)(F)F)c3)ccc2C)c1. The van der Waals surface area contributed by atoms with Gasteiger partial charge in [-0.3, -0.25) is 9.78 Å². The number of rotatable bonds is 6. The van der Waals surface area contributed by atoms with Gasteiger partial charge in [0.15, 0.2) is 0 Å². The molecule has 2 aromatic heterocycles. The number of halogens is 3. The summed E-state index contributed by atoms with van der Waals surface area (Å²) in [4.78, 5) is 16.8. The first-order chi connectivity index (χ1) is 16.3. The Balaban J connectivity index is 1.60. The van der Waals surface area contributed by atoms with Crippen LogP contribution in [0.15, 0.2) is 73.3 Å². The van der Waals surface area contributed by atoms with Gasteiger partial charge in [0, 0.05) is 41.0 Å². The van der Waals surface area contributed by atoms with Crippen LogP contribution in [-0.4, -0.2) is 27.3 Å². The topological polar surface area (TPSA) is 69.0 Å². The molecule has 0 radical (unpaired) electrons. The Labute approximate surface area is 194 Å². The van der Waals surface area contributed by atoms with Crippen molar-refractivity contribution in [2.75, 3.05) is 11.9 Å². The molecule has 0 aliphatic rings. The van der Waals surface area contributed by atoms with E-state index in [1.54, 1.807) is 47.5 Å². The van der Waals surface area contributed by atoms with Crippen LogP contribution >= 0.6 is 0 Å². The maximum Gasteiger partial charge on any atom is 0.416 e. The highest BCUT2D eigenvalue weighted by Gasteiger charge is 2.30. The molecule has 2 heterocycles. The number of hydrogen-bond donors (Lipinski definition) is 1. The van der Waals surface area contributed by atoms with Crippen molar-refractivity contribution in [1.29, 1.82) is 0 Å². The van der Waals surface area contributed by atoms with Gasteiger partial charge in [-0.05, 0) is 55.8 Å². The largest absolute Gasteiger partial charge is 0.493 e. The van der Waals surface area contributed by atoms with Gasteiger partial charge in [0.25, 0.3) is 5.91 Å². The molecule has 0 aliphatic carbocycles. The second-order valence-electron chi connectivity index (χ2n) is 7.51. The molecular weight excluding hydrogens is 445 g/mol. The molecule has 9 heteroatoms. The average Bonchev–Trinajstić information content (AvgIpc) is 3.30. The highest BCUT2D eigenvalue weighted by molar-refractivity contribution is 6.04. The maximum absolute atomic E-state index is 13.0. The molecule has 0 saturated heterocycles. The number of aromatic nitrogens is 3. The van der Waals surface area contributed by atoms with Crippen molar-refractivity contribution in [1.82, 2.24) is 14.8 Å². The summed E-state index contributed by atoms with van der Waals surface area (Å²) in [7, 11) is 0. The molecule has 0 saturated carbocycles. The fourth-order valence-corrected chi connectivity index (χ4v) is 3.45. The standard InChI is InChI=1S/C25H21F3N4O2/c1-3-34-23-9-10-29-14-21(23)18-13-30-32(15-18)22-12-20(8-7-16(22)2)31-24(33)17-5-4-6-19(11-17)25(26,27)28/h4-15H,3H2,1-2H3,(H,31,33). The third-order valence-corrected chi connectivity index (χ3v) is 5.14. The second kappa shape index (κ2) is 9.38. The number of carbonyl (C=O) groups excluding carboxylic acids is 1. The molecule has 0 fully saturated rings. The van der Waals surface area contributed by atoms with Gasteiger partial charge in [0.1, 0.15) is 5.75 Å². The molecular formula is C25H21F3N4O2. The van der Waals surface area contributed by atoms with Crippen LogP contribution in [0.25, 0.3) is 16.8 Å². The van der Waals surface area contributed by atoms with Crippen molar-refractivity contribution in [3.8, 4) is 22.6 Å². The minimum Gasteiger partial charge on any atom is -0.493 e. The summed E-state index contributed by atoms with van der Waals surface area (Å²) in [5, 5.41) is 7.10. The molecule has 1 N–H and O–H groups in total. The molecule has 0 aliphatic heterocycles. The van der Waals surface area contributed by atoms with Crippen LogP contribution in [0.3, 0.4) is 0 Å². The Morgan fingerprint density at radius 3 is 2.71 bits per heavy atom. The van der Waals surface area contributed by atoms with Crippen LogP contribution in [0, 0.1) is 6.92 Å². The number of benzene rings is 2. The number of hydrogen-bond acceptors (Lipinski definition) is 4. The van der Waals surface area contributed by atoms with Crippen molar-refractivity contribution in [2.24, 2.45) is 0 Å². The Morgan fingerprint density at radius 2 is 1.94 bits per heavy atom. The van der Waals surface area contributed by atoms with Gasteiger partial charge in [-0.25, -0.2) is 4.68 Å². The van der Waals surface area contributed by atoms with Crippen molar-refractivity contribution >= 4 is 11.6 Å². The highest BCUT2D eigenvalue weighted by Crippen LogP contribution is 2.31. The third-order valence-electron chi connectivity index (χ3n) is 5.14. The van der Waals surface area contributed by atoms with E-state index in [0.717, 1.165) is 28.8 Å². The fraction of sp³-hybridized carbons (Fsp3) is 0.160. The summed E-state index contributed by atoms with van der Waals surface area (Å²) in [6.45, 7) is 4.30. The Kier molecular flexibility index (Phi) is 6.36. The number of nitrogens with zero attached hydrogens (tertiary/aromatic N) is 3. The van der Waals surface area contributed by atoms with Gasteiger partial charge in [-0.15, -0.1) is 0 Å². The normalized spacial score (nSPS) is 11.3. The number of amides is 1. The summed E-state index contributed by atoms with van der Waals surface area (Å²) in [5.74, 6) is 0.0506. The zero-order chi connectivity index (χ0) is 24.3. The van der Waals surface area contributed by atoms with Gasteiger partial charge in [-0.1, -0.05) is 12.1 Å². The molecule has 4 aromatic rings. The van der Waals surface area contributed by atoms with Crippen LogP contribution in [0.2, 0.25) is 0 Å². The average molecular weight is 466 g/mol. The monoisotopic (exact) mass is 466 g/mol. The predicted octanol–water partition coefficient (Wildman–Crippen LogP) is 5.91. The van der Waals surface area contributed by atoms with Crippen LogP contribution in [0.5, 0.6) is 5.75 Å². The number of carbonyl (C=O) groups is 1. The summed E-state index contributed by atoms with van der Waals surface area (Å²) in [6, 6.07) is 11.3. The zero-order valence-electron chi connectivity index (χ0n) is 18.4. The zero-order valence-corrected chi connectivity index (χ0v) is 18.4. The summed E-state index contributed by atoms with van der Waals surface area (Å²) in [5.41, 5.74) is 2.65. The minimum absolute atomic E-state index is 0.0849. The predicted molar refractivity (Wildman–Crippen MR) is 122 cm³/mol. The summed E-state index contributed by atoms with van der Waals surface area (Å²) >= 11 is 0. The first-order valence-electron chi connectivity index (χ1n) is 10.5. The van der Waals surface area contributed by atoms with Crippen LogP contribution in [-0.2, 0) is 6.18 Å². The number of aryl methyl sites for hydroxylation is 1. The van der Waals surface area contributed by atoms with Gasteiger partial charge in [0.2, 0.25) is 0 Å². The van der Waals surface area contributed by atoms with E-state index in [1.807, 2.05) is 20.0 Å². The van der Waals surface area contributed by atoms with E-state index in [-0.39, 0.29) is 5.56 Å². The molecule has 4 rings (SSSR count). The Morgan fingerprint density at radius 1 is 1.12 bits per heavy atom. The first kappa shape index (κ1) is 23.0. The summed E-state index contributed by atoms with van der Waals surface area (Å²) < 4.78 is 46.3. The van der Waals surface area contributed by atoms with Gasteiger partial charge in [0.05, 0.1) is 24.1 Å². The molecule has 0 spiro atoms. The van der Waals surface area contributed by atoms with Gasteiger partial charge in [-0.2, -0.15) is 18.3 Å². The molecule has 0 bridgehead atoms. The highest BCUT2D eigenvalue weighted by atomic mass is 19.4. The van der Waals surface area contributed by atoms with Crippen LogP contribution in [0.4, 0.5) is 18.9 Å². The quantitative estimate of drug-likeness (QED) is 0.383. The van der Waals surface area contributed by atoms with E-state index in [2.05, 4.69) is 15.4 Å². The molecule has 174 valence electrons. The van der Waals surface area contributed by atoms with E-state index in [0.29, 0.717) is 23.7 Å². The molecule has 2 aromatic carbocycles. The van der Waals surface area contributed by atoms with Crippen molar-refractivity contribution < 1.29 is 22.7 Å². The number of pyridine rings is 1. The van der Waals surface area contributed by atoms with Crippen molar-refractivity contribution in [2.45, 2.75) is 20.0 Å². The van der Waals surface area contributed by atoms with E-state index in [1.165, 1.54) is 12.1 Å². The van der Waals surface area contributed by atoms with Gasteiger partial charge < -0.3 is 10.1 Å². The lowest BCUT2D eigenvalue weighted by Crippen LogP contribution is -2.14. The summed E-state index contributed by atoms with van der Waals surface area (Å²) in [6.07, 6.45) is 2.33. The second-order valence-corrected chi connectivity index (χ2v) is 7.51. The lowest BCUT2D eigenvalue weighted by atomic mass is 10.1. The van der Waals surface area contributed by atoms with E-state index >= 15 is 0 Å². The van der Waals surface area contributed by atoms with Crippen LogP contribution < -0.4 is 10.1 Å². The van der Waals surface area contributed by atoms with Crippen molar-refractivity contribution in [3.63, 3.8) is 0 Å². The maximum atomic E-state index is 13.0. The minimum atomic E-state index is -4.53. The lowest BCUT2D eigenvalue weighted by molar-refractivity contribution is -0.137. The number of ether oxygens (including phenoxy) is 1. The lowest BCUT2D eigenvalue weighted by Gasteiger charge is -2.12. The number of anilines is 1. The number of alkyl halides is 3. The molecule has 6 nitrogen and oxygen atoms in total. The Bertz CT molecular complexity index is 1330. The smallest absolute Gasteiger partial charge is 0.416 e. The van der Waals surface area contributed by atoms with E-state index in [4.69, 9.17) is 4.74 Å². The van der Waals surface area contributed by atoms with E-state index < -0.39 is 17.6 Å².